The third-order valence-electron chi connectivity index (χ3n) is 2.42. The van der Waals surface area contributed by atoms with Crippen molar-refractivity contribution in [2.24, 2.45) is 0 Å². The lowest BCUT2D eigenvalue weighted by atomic mass is 10.0. The predicted octanol–water partition coefficient (Wildman–Crippen LogP) is 2.71. The molecule has 0 spiro atoms. The van der Waals surface area contributed by atoms with Gasteiger partial charge in [0.05, 0.1) is 12.7 Å². The fourth-order valence-corrected chi connectivity index (χ4v) is 1.58. The second-order valence-corrected chi connectivity index (χ2v) is 3.43. The lowest BCUT2D eigenvalue weighted by Crippen LogP contribution is -1.94. The summed E-state index contributed by atoms with van der Waals surface area (Å²) < 4.78 is 18.7. The highest BCUT2D eigenvalue weighted by Crippen LogP contribution is 2.28. The van der Waals surface area contributed by atoms with Gasteiger partial charge in [-0.2, -0.15) is 0 Å². The van der Waals surface area contributed by atoms with Gasteiger partial charge >= 0.3 is 0 Å². The van der Waals surface area contributed by atoms with Crippen LogP contribution in [0.25, 0.3) is 11.1 Å². The Balaban J connectivity index is 2.59. The van der Waals surface area contributed by atoms with Gasteiger partial charge in [0.25, 0.3) is 0 Å². The molecule has 0 amide bonds. The summed E-state index contributed by atoms with van der Waals surface area (Å²) in [6.07, 6.45) is 3.78. The van der Waals surface area contributed by atoms with Crippen LogP contribution in [0.4, 0.5) is 4.39 Å². The molecule has 3 nitrogen and oxygen atoms in total. The summed E-state index contributed by atoms with van der Waals surface area (Å²) >= 11 is 0. The highest BCUT2D eigenvalue weighted by molar-refractivity contribution is 5.83. The van der Waals surface area contributed by atoms with Gasteiger partial charge in [0.15, 0.2) is 6.29 Å². The van der Waals surface area contributed by atoms with E-state index in [1.807, 2.05) is 0 Å². The molecule has 0 aliphatic heterocycles. The Morgan fingerprint density at radius 2 is 2.24 bits per heavy atom. The van der Waals surface area contributed by atoms with Gasteiger partial charge in [-0.15, -0.1) is 0 Å². The second-order valence-electron chi connectivity index (χ2n) is 3.43. The molecule has 0 radical (unpaired) electrons. The molecule has 0 saturated heterocycles. The van der Waals surface area contributed by atoms with E-state index in [-0.39, 0.29) is 5.75 Å². The molecule has 2 rings (SSSR count). The average Bonchev–Trinajstić information content (AvgIpc) is 2.39. The Kier molecular flexibility index (Phi) is 3.14. The molecule has 0 N–H and O–H groups in total. The lowest BCUT2D eigenvalue weighted by molar-refractivity contribution is 0.112. The summed E-state index contributed by atoms with van der Waals surface area (Å²) in [6, 6.07) is 6.09. The Morgan fingerprint density at radius 1 is 1.41 bits per heavy atom. The molecule has 0 bridgehead atoms. The van der Waals surface area contributed by atoms with Crippen LogP contribution in [0.3, 0.4) is 0 Å². The van der Waals surface area contributed by atoms with Gasteiger partial charge in [-0.1, -0.05) is 6.07 Å². The first kappa shape index (κ1) is 11.3. The SMILES string of the molecule is COc1cc(F)c(-c2cccnc2)cc1C=O. The van der Waals surface area contributed by atoms with Gasteiger partial charge in [-0.25, -0.2) is 4.39 Å². The van der Waals surface area contributed by atoms with Crippen LogP contribution in [0.5, 0.6) is 5.75 Å². The van der Waals surface area contributed by atoms with Crippen LogP contribution in [0.2, 0.25) is 0 Å². The van der Waals surface area contributed by atoms with Crippen molar-refractivity contribution in [3.05, 3.63) is 48.0 Å². The first-order chi connectivity index (χ1) is 8.26. The molecule has 0 unspecified atom stereocenters. The van der Waals surface area contributed by atoms with Crippen molar-refractivity contribution in [3.63, 3.8) is 0 Å². The largest absolute Gasteiger partial charge is 0.496 e. The molecule has 4 heteroatoms. The lowest BCUT2D eigenvalue weighted by Gasteiger charge is -2.08. The smallest absolute Gasteiger partial charge is 0.153 e. The molecule has 1 heterocycles. The number of aromatic nitrogens is 1. The van der Waals surface area contributed by atoms with Crippen molar-refractivity contribution >= 4 is 6.29 Å². The topological polar surface area (TPSA) is 39.2 Å². The number of carbonyl (C=O) groups excluding carboxylic acids is 1. The zero-order chi connectivity index (χ0) is 12.3. The molecule has 0 aliphatic carbocycles. The number of benzene rings is 1. The van der Waals surface area contributed by atoms with Crippen molar-refractivity contribution in [2.75, 3.05) is 7.11 Å². The molecule has 2 aromatic rings. The normalized spacial score (nSPS) is 10.0. The standard InChI is InChI=1S/C13H10FNO2/c1-17-13-6-12(14)11(5-10(13)8-16)9-3-2-4-15-7-9/h2-8H,1H3. The zero-order valence-corrected chi connectivity index (χ0v) is 9.18. The number of carbonyl (C=O) groups is 1. The Labute approximate surface area is 97.9 Å². The van der Waals surface area contributed by atoms with Gasteiger partial charge in [-0.3, -0.25) is 9.78 Å². The van der Waals surface area contributed by atoms with E-state index in [2.05, 4.69) is 4.98 Å². The third-order valence-corrected chi connectivity index (χ3v) is 2.42. The summed E-state index contributed by atoms with van der Waals surface area (Å²) in [5.74, 6) is -0.217. The van der Waals surface area contributed by atoms with Gasteiger partial charge in [0, 0.05) is 29.6 Å². The number of halogens is 1. The Hall–Kier alpha value is -2.23. The third kappa shape index (κ3) is 2.15. The van der Waals surface area contributed by atoms with Gasteiger partial charge in [0.2, 0.25) is 0 Å². The van der Waals surface area contributed by atoms with Crippen LogP contribution in [0, 0.1) is 5.82 Å². The Bertz CT molecular complexity index is 541. The van der Waals surface area contributed by atoms with Crippen molar-refractivity contribution in [3.8, 4) is 16.9 Å². The van der Waals surface area contributed by atoms with Crippen molar-refractivity contribution in [2.45, 2.75) is 0 Å². The number of ether oxygens (including phenoxy) is 1. The predicted molar refractivity (Wildman–Crippen MR) is 61.6 cm³/mol. The van der Waals surface area contributed by atoms with Crippen LogP contribution in [-0.2, 0) is 0 Å². The summed E-state index contributed by atoms with van der Waals surface area (Å²) in [4.78, 5) is 14.8. The number of pyridine rings is 1. The fraction of sp³-hybridized carbons (Fsp3) is 0.0769. The van der Waals surface area contributed by atoms with Crippen LogP contribution in [-0.4, -0.2) is 18.4 Å². The highest BCUT2D eigenvalue weighted by Gasteiger charge is 2.11. The van der Waals surface area contributed by atoms with Crippen molar-refractivity contribution < 1.29 is 13.9 Å². The Morgan fingerprint density at radius 3 is 2.82 bits per heavy atom. The first-order valence-corrected chi connectivity index (χ1v) is 4.99. The molecule has 0 fully saturated rings. The van der Waals surface area contributed by atoms with Gasteiger partial charge in [0.1, 0.15) is 11.6 Å². The summed E-state index contributed by atoms with van der Waals surface area (Å²) in [5, 5.41) is 0. The summed E-state index contributed by atoms with van der Waals surface area (Å²) in [7, 11) is 1.39. The number of hydrogen-bond donors (Lipinski definition) is 0. The van der Waals surface area contributed by atoms with Crippen molar-refractivity contribution in [1.29, 1.82) is 0 Å². The van der Waals surface area contributed by atoms with E-state index in [4.69, 9.17) is 4.74 Å². The van der Waals surface area contributed by atoms with Crippen LogP contribution < -0.4 is 4.74 Å². The maximum absolute atomic E-state index is 13.8. The van der Waals surface area contributed by atoms with E-state index in [1.54, 1.807) is 24.5 Å². The van der Waals surface area contributed by atoms with Gasteiger partial charge < -0.3 is 4.74 Å². The maximum atomic E-state index is 13.8. The molecule has 0 atom stereocenters. The van der Waals surface area contributed by atoms with E-state index in [0.29, 0.717) is 23.0 Å². The van der Waals surface area contributed by atoms with E-state index < -0.39 is 5.82 Å². The van der Waals surface area contributed by atoms with Crippen LogP contribution >= 0.6 is 0 Å². The molecular weight excluding hydrogens is 221 g/mol. The second kappa shape index (κ2) is 4.74. The monoisotopic (exact) mass is 231 g/mol. The van der Waals surface area contributed by atoms with E-state index in [0.717, 1.165) is 0 Å². The van der Waals surface area contributed by atoms with E-state index >= 15 is 0 Å². The summed E-state index contributed by atoms with van der Waals surface area (Å²) in [5.41, 5.74) is 1.27. The van der Waals surface area contributed by atoms with Crippen LogP contribution in [0.1, 0.15) is 10.4 Å². The van der Waals surface area contributed by atoms with Crippen molar-refractivity contribution in [1.82, 2.24) is 4.98 Å². The number of aldehydes is 1. The molecule has 0 aliphatic rings. The molecule has 1 aromatic heterocycles. The number of hydrogen-bond acceptors (Lipinski definition) is 3. The quantitative estimate of drug-likeness (QED) is 0.762. The first-order valence-electron chi connectivity index (χ1n) is 4.99. The number of nitrogens with zero attached hydrogens (tertiary/aromatic N) is 1. The van der Waals surface area contributed by atoms with E-state index in [1.165, 1.54) is 19.2 Å². The van der Waals surface area contributed by atoms with Gasteiger partial charge in [-0.05, 0) is 12.1 Å². The molecule has 1 aromatic carbocycles. The van der Waals surface area contributed by atoms with E-state index in [9.17, 15) is 9.18 Å². The summed E-state index contributed by atoms with van der Waals surface area (Å²) in [6.45, 7) is 0. The maximum Gasteiger partial charge on any atom is 0.153 e. The molecule has 86 valence electrons. The minimum Gasteiger partial charge on any atom is -0.496 e. The zero-order valence-electron chi connectivity index (χ0n) is 9.18. The number of rotatable bonds is 3. The number of methoxy groups -OCH3 is 1. The minimum absolute atomic E-state index is 0.227. The molecular formula is C13H10FNO2. The van der Waals surface area contributed by atoms with Crippen LogP contribution in [0.15, 0.2) is 36.7 Å². The fourth-order valence-electron chi connectivity index (χ4n) is 1.58. The highest BCUT2D eigenvalue weighted by atomic mass is 19.1. The minimum atomic E-state index is -0.444. The average molecular weight is 231 g/mol. The molecule has 0 saturated carbocycles. The molecule has 17 heavy (non-hydrogen) atoms.